The fourth-order valence-electron chi connectivity index (χ4n) is 3.79. The van der Waals surface area contributed by atoms with Gasteiger partial charge in [0.05, 0.1) is 19.2 Å². The topological polar surface area (TPSA) is 101 Å². The fraction of sp³-hybridized carbons (Fsp3) is 0.208. The molecule has 0 atom stereocenters. The van der Waals surface area contributed by atoms with Crippen molar-refractivity contribution in [3.8, 4) is 17.2 Å². The molecule has 174 valence electrons. The van der Waals surface area contributed by atoms with Crippen molar-refractivity contribution in [3.63, 3.8) is 0 Å². The summed E-state index contributed by atoms with van der Waals surface area (Å²) in [7, 11) is 1.59. The second-order valence-electron chi connectivity index (χ2n) is 7.71. The normalized spacial score (nSPS) is 12.1. The highest BCUT2D eigenvalue weighted by Crippen LogP contribution is 2.32. The Morgan fingerprint density at radius 3 is 2.59 bits per heavy atom. The first kappa shape index (κ1) is 21.8. The molecule has 34 heavy (non-hydrogen) atoms. The molecule has 1 amide bonds. The van der Waals surface area contributed by atoms with Gasteiger partial charge in [-0.1, -0.05) is 18.2 Å². The smallest absolute Gasteiger partial charge is 0.332 e. The number of carbonyl (C=O) groups excluding carboxylic acids is 1. The van der Waals surface area contributed by atoms with Gasteiger partial charge in [0.1, 0.15) is 17.0 Å². The quantitative estimate of drug-likeness (QED) is 0.437. The standard InChI is InChI=1S/C24H21N3O6S/c1-31-17-5-2-15(3-6-17)11-25-21(28)13-26-18-8-9-34-22(18)23(29)27(24(26)30)12-16-4-7-19-20(10-16)33-14-32-19/h2-10H,11-14H2,1H3,(H,25,28). The molecule has 1 aliphatic rings. The van der Waals surface area contributed by atoms with Crippen molar-refractivity contribution in [3.05, 3.63) is 85.9 Å². The zero-order valence-electron chi connectivity index (χ0n) is 18.3. The van der Waals surface area contributed by atoms with Crippen molar-refractivity contribution in [1.29, 1.82) is 0 Å². The number of benzene rings is 2. The number of nitrogens with one attached hydrogen (secondary N) is 1. The largest absolute Gasteiger partial charge is 0.497 e. The first-order valence-corrected chi connectivity index (χ1v) is 11.4. The molecular formula is C24H21N3O6S. The molecule has 1 aliphatic heterocycles. The van der Waals surface area contributed by atoms with E-state index in [9.17, 15) is 14.4 Å². The van der Waals surface area contributed by atoms with Crippen LogP contribution in [-0.2, 0) is 24.4 Å². The summed E-state index contributed by atoms with van der Waals surface area (Å²) in [5.74, 6) is 1.58. The Kier molecular flexibility index (Phi) is 5.81. The molecule has 2 aromatic carbocycles. The van der Waals surface area contributed by atoms with E-state index >= 15 is 0 Å². The van der Waals surface area contributed by atoms with Gasteiger partial charge in [-0.25, -0.2) is 4.79 Å². The molecule has 1 N–H and O–H groups in total. The third-order valence-corrected chi connectivity index (χ3v) is 6.46. The Labute approximate surface area is 197 Å². The molecule has 0 fully saturated rings. The highest BCUT2D eigenvalue weighted by Gasteiger charge is 2.18. The van der Waals surface area contributed by atoms with Gasteiger partial charge in [-0.05, 0) is 46.8 Å². The molecule has 0 radical (unpaired) electrons. The molecule has 0 bridgehead atoms. The summed E-state index contributed by atoms with van der Waals surface area (Å²) in [4.78, 5) is 39.0. The number of amides is 1. The van der Waals surface area contributed by atoms with E-state index in [-0.39, 0.29) is 31.3 Å². The van der Waals surface area contributed by atoms with Gasteiger partial charge in [0.2, 0.25) is 12.7 Å². The van der Waals surface area contributed by atoms with E-state index in [2.05, 4.69) is 5.32 Å². The predicted molar refractivity (Wildman–Crippen MR) is 127 cm³/mol. The Morgan fingerprint density at radius 1 is 1.03 bits per heavy atom. The summed E-state index contributed by atoms with van der Waals surface area (Å²) in [6.45, 7) is 0.290. The maximum atomic E-state index is 13.3. The van der Waals surface area contributed by atoms with Crippen molar-refractivity contribution in [2.45, 2.75) is 19.6 Å². The Bertz CT molecular complexity index is 1490. The summed E-state index contributed by atoms with van der Waals surface area (Å²) in [6, 6.07) is 14.3. The maximum Gasteiger partial charge on any atom is 0.332 e. The van der Waals surface area contributed by atoms with Crippen LogP contribution in [0.3, 0.4) is 0 Å². The minimum Gasteiger partial charge on any atom is -0.497 e. The highest BCUT2D eigenvalue weighted by atomic mass is 32.1. The van der Waals surface area contributed by atoms with Crippen LogP contribution >= 0.6 is 11.3 Å². The van der Waals surface area contributed by atoms with E-state index in [1.807, 2.05) is 24.3 Å². The number of ether oxygens (including phenoxy) is 3. The lowest BCUT2D eigenvalue weighted by atomic mass is 10.2. The molecule has 4 aromatic rings. The van der Waals surface area contributed by atoms with E-state index < -0.39 is 5.69 Å². The average molecular weight is 480 g/mol. The van der Waals surface area contributed by atoms with Crippen molar-refractivity contribution in [2.75, 3.05) is 13.9 Å². The van der Waals surface area contributed by atoms with E-state index in [0.717, 1.165) is 21.4 Å². The molecule has 0 saturated carbocycles. The maximum absolute atomic E-state index is 13.3. The van der Waals surface area contributed by atoms with Crippen molar-refractivity contribution < 1.29 is 19.0 Å². The number of hydrogen-bond acceptors (Lipinski definition) is 7. The van der Waals surface area contributed by atoms with Gasteiger partial charge >= 0.3 is 5.69 Å². The molecule has 10 heteroatoms. The fourth-order valence-corrected chi connectivity index (χ4v) is 4.63. The first-order chi connectivity index (χ1) is 16.5. The Hall–Kier alpha value is -4.05. The monoisotopic (exact) mass is 479 g/mol. The second-order valence-corrected chi connectivity index (χ2v) is 8.62. The van der Waals surface area contributed by atoms with Gasteiger partial charge in [0, 0.05) is 6.54 Å². The van der Waals surface area contributed by atoms with E-state index in [1.54, 1.807) is 36.8 Å². The number of nitrogens with zero attached hydrogens (tertiary/aromatic N) is 2. The number of thiophene rings is 1. The highest BCUT2D eigenvalue weighted by molar-refractivity contribution is 7.17. The van der Waals surface area contributed by atoms with Crippen LogP contribution in [-0.4, -0.2) is 28.9 Å². The molecule has 5 rings (SSSR count). The molecule has 0 saturated heterocycles. The minimum atomic E-state index is -0.548. The molecule has 3 heterocycles. The van der Waals surface area contributed by atoms with Gasteiger partial charge in [0.15, 0.2) is 11.5 Å². The number of aromatic nitrogens is 2. The number of hydrogen-bond donors (Lipinski definition) is 1. The molecule has 0 unspecified atom stereocenters. The van der Waals surface area contributed by atoms with Crippen LogP contribution in [0.15, 0.2) is 63.5 Å². The lowest BCUT2D eigenvalue weighted by Crippen LogP contribution is -2.42. The zero-order chi connectivity index (χ0) is 23.7. The molecule has 0 spiro atoms. The average Bonchev–Trinajstić information content (AvgIpc) is 3.53. The number of rotatable bonds is 7. The van der Waals surface area contributed by atoms with Crippen LogP contribution in [0.25, 0.3) is 10.2 Å². The SMILES string of the molecule is COc1ccc(CNC(=O)Cn2c(=O)n(Cc3ccc4c(c3)OCO4)c(=O)c3sccc32)cc1. The summed E-state index contributed by atoms with van der Waals surface area (Å²) in [6.07, 6.45) is 0. The number of methoxy groups -OCH3 is 1. The zero-order valence-corrected chi connectivity index (χ0v) is 19.1. The number of carbonyl (C=O) groups is 1. The minimum absolute atomic E-state index is 0.0512. The van der Waals surface area contributed by atoms with Gasteiger partial charge in [0.25, 0.3) is 5.56 Å². The number of fused-ring (bicyclic) bond motifs is 2. The van der Waals surface area contributed by atoms with E-state index in [4.69, 9.17) is 14.2 Å². The first-order valence-electron chi connectivity index (χ1n) is 10.5. The Balaban J connectivity index is 1.40. The van der Waals surface area contributed by atoms with E-state index in [1.165, 1.54) is 15.9 Å². The molecule has 0 aliphatic carbocycles. The van der Waals surface area contributed by atoms with Gasteiger partial charge in [-0.3, -0.25) is 18.7 Å². The van der Waals surface area contributed by atoms with Crippen molar-refractivity contribution >= 4 is 27.5 Å². The molecular weight excluding hydrogens is 458 g/mol. The van der Waals surface area contributed by atoms with Crippen LogP contribution in [0.2, 0.25) is 0 Å². The Morgan fingerprint density at radius 2 is 1.79 bits per heavy atom. The van der Waals surface area contributed by atoms with Crippen molar-refractivity contribution in [1.82, 2.24) is 14.5 Å². The molecule has 9 nitrogen and oxygen atoms in total. The molecule has 2 aromatic heterocycles. The second kappa shape index (κ2) is 9.06. The third-order valence-electron chi connectivity index (χ3n) is 5.56. The van der Waals surface area contributed by atoms with Crippen LogP contribution in [0.1, 0.15) is 11.1 Å². The van der Waals surface area contributed by atoms with Crippen LogP contribution in [0.4, 0.5) is 0 Å². The lowest BCUT2D eigenvalue weighted by Gasteiger charge is -2.13. The lowest BCUT2D eigenvalue weighted by molar-refractivity contribution is -0.121. The van der Waals surface area contributed by atoms with Gasteiger partial charge in [-0.15, -0.1) is 11.3 Å². The predicted octanol–water partition coefficient (Wildman–Crippen LogP) is 2.33. The third kappa shape index (κ3) is 4.15. The van der Waals surface area contributed by atoms with Crippen LogP contribution < -0.4 is 30.8 Å². The van der Waals surface area contributed by atoms with E-state index in [0.29, 0.717) is 28.3 Å². The summed E-state index contributed by atoms with van der Waals surface area (Å²) in [5.41, 5.74) is 1.13. The summed E-state index contributed by atoms with van der Waals surface area (Å²) in [5, 5.41) is 4.57. The van der Waals surface area contributed by atoms with Crippen molar-refractivity contribution in [2.24, 2.45) is 0 Å². The summed E-state index contributed by atoms with van der Waals surface area (Å²) >= 11 is 1.24. The van der Waals surface area contributed by atoms with Crippen LogP contribution in [0.5, 0.6) is 17.2 Å². The van der Waals surface area contributed by atoms with Gasteiger partial charge < -0.3 is 19.5 Å². The van der Waals surface area contributed by atoms with Crippen LogP contribution in [0, 0.1) is 0 Å². The summed E-state index contributed by atoms with van der Waals surface area (Å²) < 4.78 is 18.8. The van der Waals surface area contributed by atoms with Gasteiger partial charge in [-0.2, -0.15) is 0 Å².